The lowest BCUT2D eigenvalue weighted by atomic mass is 9.44. The molecule has 0 amide bonds. The van der Waals surface area contributed by atoms with Crippen molar-refractivity contribution in [3.63, 3.8) is 0 Å². The highest BCUT2D eigenvalue weighted by Crippen LogP contribution is 2.68. The standard InChI is InChI=1S/C27H48O/c1-18(2)7-6-8-19(3)23-11-12-24-22-10-9-20-17-21(28)13-15-26(20,4)25(22)14-16-27(23,24)5/h18-25,28H,6-17H2,1-5H3/t19-,20+,21-,22+,23+,24-,25-,26+,27+/m1/s1. The molecule has 9 atom stereocenters. The fraction of sp³-hybridized carbons (Fsp3) is 1.00. The lowest BCUT2D eigenvalue weighted by Gasteiger charge is -2.61. The van der Waals surface area contributed by atoms with E-state index in [9.17, 15) is 5.11 Å². The Kier molecular flexibility index (Phi) is 5.98. The summed E-state index contributed by atoms with van der Waals surface area (Å²) < 4.78 is 0. The number of hydrogen-bond donors (Lipinski definition) is 1. The molecule has 0 spiro atoms. The fourth-order valence-electron chi connectivity index (χ4n) is 9.26. The molecule has 0 aromatic heterocycles. The van der Waals surface area contributed by atoms with E-state index in [4.69, 9.17) is 0 Å². The zero-order valence-electron chi connectivity index (χ0n) is 19.6. The van der Waals surface area contributed by atoms with Crippen molar-refractivity contribution in [1.82, 2.24) is 0 Å². The molecule has 0 heterocycles. The van der Waals surface area contributed by atoms with E-state index in [-0.39, 0.29) is 6.10 Å². The van der Waals surface area contributed by atoms with Crippen LogP contribution >= 0.6 is 0 Å². The van der Waals surface area contributed by atoms with E-state index >= 15 is 0 Å². The van der Waals surface area contributed by atoms with Gasteiger partial charge in [-0.2, -0.15) is 0 Å². The first-order chi connectivity index (χ1) is 13.3. The predicted octanol–water partition coefficient (Wildman–Crippen LogP) is 7.47. The third-order valence-electron chi connectivity index (χ3n) is 10.8. The fourth-order valence-corrected chi connectivity index (χ4v) is 9.26. The molecule has 0 unspecified atom stereocenters. The van der Waals surface area contributed by atoms with Crippen LogP contribution in [-0.2, 0) is 0 Å². The van der Waals surface area contributed by atoms with E-state index in [2.05, 4.69) is 34.6 Å². The maximum absolute atomic E-state index is 10.3. The van der Waals surface area contributed by atoms with Gasteiger partial charge in [-0.15, -0.1) is 0 Å². The second kappa shape index (κ2) is 7.90. The molecule has 0 aromatic carbocycles. The molecule has 4 saturated carbocycles. The van der Waals surface area contributed by atoms with Gasteiger partial charge >= 0.3 is 0 Å². The van der Waals surface area contributed by atoms with Gasteiger partial charge in [0.1, 0.15) is 0 Å². The van der Waals surface area contributed by atoms with Gasteiger partial charge in [0.2, 0.25) is 0 Å². The van der Waals surface area contributed by atoms with Gasteiger partial charge in [0.15, 0.2) is 0 Å². The van der Waals surface area contributed by atoms with Crippen molar-refractivity contribution in [2.24, 2.45) is 52.3 Å². The lowest BCUT2D eigenvalue weighted by Crippen LogP contribution is -2.54. The maximum Gasteiger partial charge on any atom is 0.0543 e. The summed E-state index contributed by atoms with van der Waals surface area (Å²) in [4.78, 5) is 0. The Hall–Kier alpha value is -0.0400. The Morgan fingerprint density at radius 1 is 0.821 bits per heavy atom. The Balaban J connectivity index is 1.46. The first-order valence-corrected chi connectivity index (χ1v) is 12.9. The Labute approximate surface area is 175 Å². The van der Waals surface area contributed by atoms with Gasteiger partial charge < -0.3 is 5.11 Å². The minimum Gasteiger partial charge on any atom is -0.393 e. The summed E-state index contributed by atoms with van der Waals surface area (Å²) in [6.45, 7) is 12.7. The first kappa shape index (κ1) is 21.2. The smallest absolute Gasteiger partial charge is 0.0543 e. The van der Waals surface area contributed by atoms with Gasteiger partial charge in [-0.25, -0.2) is 0 Å². The zero-order chi connectivity index (χ0) is 20.1. The summed E-state index contributed by atoms with van der Waals surface area (Å²) in [5.41, 5.74) is 1.15. The normalized spacial score (nSPS) is 49.4. The van der Waals surface area contributed by atoms with Crippen LogP contribution < -0.4 is 0 Å². The van der Waals surface area contributed by atoms with Crippen LogP contribution in [0.2, 0.25) is 0 Å². The van der Waals surface area contributed by atoms with Crippen molar-refractivity contribution in [1.29, 1.82) is 0 Å². The Morgan fingerprint density at radius 3 is 2.29 bits per heavy atom. The van der Waals surface area contributed by atoms with Crippen LogP contribution in [0.5, 0.6) is 0 Å². The third-order valence-corrected chi connectivity index (χ3v) is 10.8. The van der Waals surface area contributed by atoms with Crippen LogP contribution in [0.25, 0.3) is 0 Å². The van der Waals surface area contributed by atoms with Gasteiger partial charge in [-0.05, 0) is 110 Å². The minimum atomic E-state index is -0.00830. The largest absolute Gasteiger partial charge is 0.393 e. The van der Waals surface area contributed by atoms with Gasteiger partial charge in [0, 0.05) is 0 Å². The molecule has 1 heteroatoms. The first-order valence-electron chi connectivity index (χ1n) is 12.9. The van der Waals surface area contributed by atoms with E-state index in [1.165, 1.54) is 64.2 Å². The van der Waals surface area contributed by atoms with Crippen molar-refractivity contribution in [2.75, 3.05) is 0 Å². The van der Waals surface area contributed by atoms with Crippen LogP contribution in [0.1, 0.15) is 112 Å². The summed E-state index contributed by atoms with van der Waals surface area (Å²) >= 11 is 0. The Bertz CT molecular complexity index is 540. The number of hydrogen-bond acceptors (Lipinski definition) is 1. The highest BCUT2D eigenvalue weighted by atomic mass is 16.3. The maximum atomic E-state index is 10.3. The molecular formula is C27H48O. The molecule has 0 aromatic rings. The second-order valence-electron chi connectivity index (χ2n) is 12.6. The van der Waals surface area contributed by atoms with E-state index in [0.717, 1.165) is 54.3 Å². The Morgan fingerprint density at radius 2 is 1.54 bits per heavy atom. The number of aliphatic hydroxyl groups excluding tert-OH is 1. The molecule has 28 heavy (non-hydrogen) atoms. The van der Waals surface area contributed by atoms with Crippen molar-refractivity contribution in [3.8, 4) is 0 Å². The average molecular weight is 389 g/mol. The summed E-state index contributed by atoms with van der Waals surface area (Å²) in [6, 6.07) is 0. The molecule has 0 radical (unpaired) electrons. The van der Waals surface area contributed by atoms with Crippen LogP contribution in [0.4, 0.5) is 0 Å². The SMILES string of the molecule is CC(C)CCC[C@@H](C)[C@@H]1CC[C@@H]2[C@@H]3CC[C@H]4C[C@H](O)CC[C@]4(C)[C@@H]3CC[C@]21C. The van der Waals surface area contributed by atoms with Crippen LogP contribution in [0.3, 0.4) is 0 Å². The van der Waals surface area contributed by atoms with E-state index in [0.29, 0.717) is 10.8 Å². The average Bonchev–Trinajstić information content (AvgIpc) is 2.99. The number of aliphatic hydroxyl groups is 1. The van der Waals surface area contributed by atoms with Crippen LogP contribution in [0.15, 0.2) is 0 Å². The second-order valence-corrected chi connectivity index (χ2v) is 12.6. The van der Waals surface area contributed by atoms with Gasteiger partial charge in [0.25, 0.3) is 0 Å². The molecule has 162 valence electrons. The summed E-state index contributed by atoms with van der Waals surface area (Å²) in [5.74, 6) is 6.49. The molecule has 1 nitrogen and oxygen atoms in total. The number of fused-ring (bicyclic) bond motifs is 5. The van der Waals surface area contributed by atoms with Crippen molar-refractivity contribution >= 4 is 0 Å². The molecule has 4 rings (SSSR count). The highest BCUT2D eigenvalue weighted by molar-refractivity contribution is 5.09. The predicted molar refractivity (Wildman–Crippen MR) is 119 cm³/mol. The zero-order valence-corrected chi connectivity index (χ0v) is 19.6. The van der Waals surface area contributed by atoms with E-state index < -0.39 is 0 Å². The summed E-state index contributed by atoms with van der Waals surface area (Å²) in [6.07, 6.45) is 16.6. The summed E-state index contributed by atoms with van der Waals surface area (Å²) in [7, 11) is 0. The molecule has 0 aliphatic heterocycles. The van der Waals surface area contributed by atoms with Gasteiger partial charge in [-0.1, -0.05) is 53.9 Å². The molecule has 4 fully saturated rings. The molecule has 4 aliphatic rings. The van der Waals surface area contributed by atoms with Gasteiger partial charge in [-0.3, -0.25) is 0 Å². The van der Waals surface area contributed by atoms with E-state index in [1.54, 1.807) is 0 Å². The van der Waals surface area contributed by atoms with E-state index in [1.807, 2.05) is 0 Å². The molecule has 0 saturated heterocycles. The van der Waals surface area contributed by atoms with Crippen molar-refractivity contribution in [3.05, 3.63) is 0 Å². The quantitative estimate of drug-likeness (QED) is 0.518. The minimum absolute atomic E-state index is 0.00830. The highest BCUT2D eigenvalue weighted by Gasteiger charge is 2.60. The molecule has 1 N–H and O–H groups in total. The van der Waals surface area contributed by atoms with Crippen LogP contribution in [-0.4, -0.2) is 11.2 Å². The van der Waals surface area contributed by atoms with Gasteiger partial charge in [0.05, 0.1) is 6.10 Å². The molecular weight excluding hydrogens is 340 g/mol. The van der Waals surface area contributed by atoms with Crippen LogP contribution in [0, 0.1) is 52.3 Å². The van der Waals surface area contributed by atoms with Crippen molar-refractivity contribution in [2.45, 2.75) is 118 Å². The molecule has 0 bridgehead atoms. The molecule has 4 aliphatic carbocycles. The summed E-state index contributed by atoms with van der Waals surface area (Å²) in [5, 5.41) is 10.3. The topological polar surface area (TPSA) is 20.2 Å². The van der Waals surface area contributed by atoms with Crippen molar-refractivity contribution < 1.29 is 5.11 Å². The lowest BCUT2D eigenvalue weighted by molar-refractivity contribution is -0.129. The monoisotopic (exact) mass is 388 g/mol. The third kappa shape index (κ3) is 3.50. The number of rotatable bonds is 5.